The van der Waals surface area contributed by atoms with Crippen LogP contribution in [-0.4, -0.2) is 16.1 Å². The third-order valence-electron chi connectivity index (χ3n) is 5.23. The van der Waals surface area contributed by atoms with Gasteiger partial charge in [0.25, 0.3) is 0 Å². The van der Waals surface area contributed by atoms with Crippen molar-refractivity contribution in [2.45, 2.75) is 34.6 Å². The summed E-state index contributed by atoms with van der Waals surface area (Å²) in [4.78, 5) is 24.3. The number of rotatable bonds is 3. The monoisotopic (exact) mass is 359 g/mol. The summed E-state index contributed by atoms with van der Waals surface area (Å²) < 4.78 is 7.91. The molecule has 2 aromatic heterocycles. The minimum absolute atomic E-state index is 0.0118. The van der Waals surface area contributed by atoms with Crippen LogP contribution in [0, 0.1) is 20.8 Å². The molecule has 0 unspecified atom stereocenters. The number of carbonyl (C=O) groups excluding carboxylic acids is 2. The molecule has 0 radical (unpaired) electrons. The van der Waals surface area contributed by atoms with Crippen molar-refractivity contribution in [1.82, 2.24) is 4.57 Å². The Morgan fingerprint density at radius 3 is 2.15 bits per heavy atom. The van der Waals surface area contributed by atoms with E-state index in [-0.39, 0.29) is 11.6 Å². The summed E-state index contributed by atoms with van der Waals surface area (Å²) >= 11 is 0. The Labute approximate surface area is 157 Å². The van der Waals surface area contributed by atoms with E-state index in [2.05, 4.69) is 28.8 Å². The van der Waals surface area contributed by atoms with Gasteiger partial charge in [-0.25, -0.2) is 0 Å². The largest absolute Gasteiger partial charge is 0.453 e. The summed E-state index contributed by atoms with van der Waals surface area (Å²) in [6.07, 6.45) is 0. The Kier molecular flexibility index (Phi) is 3.81. The van der Waals surface area contributed by atoms with Crippen LogP contribution >= 0.6 is 0 Å². The van der Waals surface area contributed by atoms with Crippen molar-refractivity contribution in [3.63, 3.8) is 0 Å². The van der Waals surface area contributed by atoms with E-state index in [1.165, 1.54) is 12.5 Å². The minimum atomic E-state index is -0.0993. The first kappa shape index (κ1) is 17.3. The van der Waals surface area contributed by atoms with Crippen LogP contribution in [0.3, 0.4) is 0 Å². The fourth-order valence-electron chi connectivity index (χ4n) is 3.93. The van der Waals surface area contributed by atoms with Gasteiger partial charge in [0.1, 0.15) is 5.58 Å². The SMILES string of the molecule is CC(=O)c1oc2cc3c(C(C)=O)c(C)n(-c4ccc(C)cc4)c3cc2c1C. The fraction of sp³-hybridized carbons (Fsp3) is 0.217. The standard InChI is InChI=1S/C23H21NO3/c1-12-6-8-17(9-7-12)24-14(3)22(15(4)25)19-11-21-18(10-20(19)24)13(2)23(27-21)16(5)26/h6-11H,1-5H3. The summed E-state index contributed by atoms with van der Waals surface area (Å²) in [6.45, 7) is 8.99. The quantitative estimate of drug-likeness (QED) is 0.440. The molecule has 136 valence electrons. The van der Waals surface area contributed by atoms with E-state index in [0.29, 0.717) is 16.9 Å². The van der Waals surface area contributed by atoms with Crippen molar-refractivity contribution in [1.29, 1.82) is 0 Å². The fourth-order valence-corrected chi connectivity index (χ4v) is 3.93. The Morgan fingerprint density at radius 1 is 0.889 bits per heavy atom. The zero-order chi connectivity index (χ0) is 19.5. The lowest BCUT2D eigenvalue weighted by Gasteiger charge is -2.09. The summed E-state index contributed by atoms with van der Waals surface area (Å²) in [5, 5.41) is 1.74. The zero-order valence-electron chi connectivity index (χ0n) is 16.1. The van der Waals surface area contributed by atoms with Crippen LogP contribution in [0.25, 0.3) is 27.6 Å². The molecule has 0 bridgehead atoms. The van der Waals surface area contributed by atoms with Gasteiger partial charge >= 0.3 is 0 Å². The summed E-state index contributed by atoms with van der Waals surface area (Å²) in [5.41, 5.74) is 6.17. The van der Waals surface area contributed by atoms with Crippen molar-refractivity contribution in [3.8, 4) is 5.69 Å². The van der Waals surface area contributed by atoms with E-state index in [0.717, 1.165) is 33.2 Å². The molecular formula is C23H21NO3. The van der Waals surface area contributed by atoms with Crippen LogP contribution in [0.2, 0.25) is 0 Å². The van der Waals surface area contributed by atoms with Crippen molar-refractivity contribution >= 4 is 33.4 Å². The summed E-state index contributed by atoms with van der Waals surface area (Å²) in [7, 11) is 0. The smallest absolute Gasteiger partial charge is 0.195 e. The first-order valence-corrected chi connectivity index (χ1v) is 8.96. The molecule has 0 aliphatic carbocycles. The zero-order valence-corrected chi connectivity index (χ0v) is 16.1. The predicted molar refractivity (Wildman–Crippen MR) is 107 cm³/mol. The number of furan rings is 1. The topological polar surface area (TPSA) is 52.2 Å². The number of hydrogen-bond acceptors (Lipinski definition) is 3. The minimum Gasteiger partial charge on any atom is -0.453 e. The lowest BCUT2D eigenvalue weighted by atomic mass is 10.0. The number of nitrogens with zero attached hydrogens (tertiary/aromatic N) is 1. The van der Waals surface area contributed by atoms with E-state index in [9.17, 15) is 9.59 Å². The average Bonchev–Trinajstić information content (AvgIpc) is 3.08. The molecule has 0 amide bonds. The van der Waals surface area contributed by atoms with Gasteiger partial charge in [0, 0.05) is 40.2 Å². The lowest BCUT2D eigenvalue weighted by molar-refractivity contribution is 0.0986. The number of carbonyl (C=O) groups is 2. The number of aromatic nitrogens is 1. The molecule has 0 saturated carbocycles. The number of benzene rings is 2. The van der Waals surface area contributed by atoms with Crippen LogP contribution in [0.4, 0.5) is 0 Å². The molecule has 27 heavy (non-hydrogen) atoms. The number of aryl methyl sites for hydroxylation is 2. The van der Waals surface area contributed by atoms with Crippen LogP contribution in [0.1, 0.15) is 51.6 Å². The maximum absolute atomic E-state index is 12.4. The van der Waals surface area contributed by atoms with E-state index >= 15 is 0 Å². The molecule has 0 spiro atoms. The van der Waals surface area contributed by atoms with Gasteiger partial charge in [0.2, 0.25) is 0 Å². The maximum atomic E-state index is 12.4. The number of fused-ring (bicyclic) bond motifs is 2. The highest BCUT2D eigenvalue weighted by Crippen LogP contribution is 2.36. The van der Waals surface area contributed by atoms with Crippen LogP contribution < -0.4 is 0 Å². The second kappa shape index (κ2) is 5.95. The molecule has 4 nitrogen and oxygen atoms in total. The summed E-state index contributed by atoms with van der Waals surface area (Å²) in [6, 6.07) is 12.1. The van der Waals surface area contributed by atoms with Gasteiger partial charge in [-0.3, -0.25) is 9.59 Å². The molecular weight excluding hydrogens is 338 g/mol. The Morgan fingerprint density at radius 2 is 1.56 bits per heavy atom. The van der Waals surface area contributed by atoms with Crippen LogP contribution in [0.15, 0.2) is 40.8 Å². The molecule has 2 heterocycles. The molecule has 4 rings (SSSR count). The highest BCUT2D eigenvalue weighted by molar-refractivity contribution is 6.12. The van der Waals surface area contributed by atoms with Crippen LogP contribution in [0.5, 0.6) is 0 Å². The number of hydrogen-bond donors (Lipinski definition) is 0. The van der Waals surface area contributed by atoms with Crippen molar-refractivity contribution in [2.24, 2.45) is 0 Å². The number of ketones is 2. The van der Waals surface area contributed by atoms with Gasteiger partial charge in [-0.15, -0.1) is 0 Å². The Hall–Kier alpha value is -3.14. The predicted octanol–water partition coefficient (Wildman–Crippen LogP) is 5.71. The summed E-state index contributed by atoms with van der Waals surface area (Å²) in [5.74, 6) is 0.288. The highest BCUT2D eigenvalue weighted by atomic mass is 16.3. The second-order valence-electron chi connectivity index (χ2n) is 7.17. The van der Waals surface area contributed by atoms with Gasteiger partial charge in [0.15, 0.2) is 17.3 Å². The average molecular weight is 359 g/mol. The second-order valence-corrected chi connectivity index (χ2v) is 7.17. The molecule has 0 aliphatic heterocycles. The van der Waals surface area contributed by atoms with Gasteiger partial charge in [0.05, 0.1) is 5.52 Å². The molecule has 0 aliphatic rings. The molecule has 0 atom stereocenters. The highest BCUT2D eigenvalue weighted by Gasteiger charge is 2.22. The van der Waals surface area contributed by atoms with E-state index in [1.807, 2.05) is 32.9 Å². The molecule has 4 heteroatoms. The van der Waals surface area contributed by atoms with Crippen LogP contribution in [-0.2, 0) is 0 Å². The Balaban J connectivity index is 2.15. The first-order valence-electron chi connectivity index (χ1n) is 8.96. The van der Waals surface area contributed by atoms with Crippen molar-refractivity contribution < 1.29 is 14.0 Å². The molecule has 4 aromatic rings. The van der Waals surface area contributed by atoms with Gasteiger partial charge in [-0.05, 0) is 52.0 Å². The molecule has 0 N–H and O–H groups in total. The van der Waals surface area contributed by atoms with Gasteiger partial charge < -0.3 is 8.98 Å². The van der Waals surface area contributed by atoms with Crippen molar-refractivity contribution in [3.05, 3.63) is 64.5 Å². The van der Waals surface area contributed by atoms with E-state index in [1.54, 1.807) is 6.92 Å². The third kappa shape index (κ3) is 2.52. The lowest BCUT2D eigenvalue weighted by Crippen LogP contribution is -1.99. The molecule has 0 saturated heterocycles. The first-order chi connectivity index (χ1) is 12.8. The third-order valence-corrected chi connectivity index (χ3v) is 5.23. The van der Waals surface area contributed by atoms with E-state index < -0.39 is 0 Å². The van der Waals surface area contributed by atoms with Gasteiger partial charge in [-0.2, -0.15) is 0 Å². The molecule has 2 aromatic carbocycles. The molecule has 0 fully saturated rings. The van der Waals surface area contributed by atoms with Gasteiger partial charge in [-0.1, -0.05) is 17.7 Å². The van der Waals surface area contributed by atoms with Crippen molar-refractivity contribution in [2.75, 3.05) is 0 Å². The van der Waals surface area contributed by atoms with E-state index in [4.69, 9.17) is 4.42 Å². The maximum Gasteiger partial charge on any atom is 0.195 e. The Bertz CT molecular complexity index is 1240. The normalized spacial score (nSPS) is 11.4. The number of Topliss-reactive ketones (excluding diaryl/α,β-unsaturated/α-hetero) is 2.